The second kappa shape index (κ2) is 62.8. The molecule has 6 heteroatoms. The number of hydrogen-bond donors (Lipinski definition) is 0. The van der Waals surface area contributed by atoms with Gasteiger partial charge in [0.1, 0.15) is 13.2 Å². The Labute approximate surface area is 467 Å². The molecular weight excluding hydrogens is 937 g/mol. The molecule has 0 aromatic carbocycles. The summed E-state index contributed by atoms with van der Waals surface area (Å²) in [7, 11) is 0. The van der Waals surface area contributed by atoms with Crippen LogP contribution in [0.1, 0.15) is 258 Å². The van der Waals surface area contributed by atoms with Crippen molar-refractivity contribution >= 4 is 17.9 Å². The maximum Gasteiger partial charge on any atom is 0.306 e. The van der Waals surface area contributed by atoms with E-state index in [0.717, 1.165) is 135 Å². The molecule has 0 amide bonds. The second-order valence-corrected chi connectivity index (χ2v) is 19.8. The van der Waals surface area contributed by atoms with Gasteiger partial charge in [0.15, 0.2) is 6.10 Å². The first-order chi connectivity index (χ1) is 37.5. The average molecular weight is 1050 g/mol. The summed E-state index contributed by atoms with van der Waals surface area (Å²) in [4.78, 5) is 38.2. The minimum atomic E-state index is -0.819. The fourth-order valence-electron chi connectivity index (χ4n) is 8.01. The first-order valence-corrected chi connectivity index (χ1v) is 30.8. The van der Waals surface area contributed by atoms with Crippen molar-refractivity contribution in [2.24, 2.45) is 0 Å². The molecule has 6 nitrogen and oxygen atoms in total. The molecule has 0 rings (SSSR count). The van der Waals surface area contributed by atoms with Crippen LogP contribution in [-0.2, 0) is 28.6 Å². The molecule has 0 aliphatic rings. The summed E-state index contributed by atoms with van der Waals surface area (Å²) in [5, 5.41) is 0. The molecule has 76 heavy (non-hydrogen) atoms. The van der Waals surface area contributed by atoms with Gasteiger partial charge in [0, 0.05) is 19.3 Å². The lowest BCUT2D eigenvalue weighted by Crippen LogP contribution is -2.30. The Morgan fingerprint density at radius 2 is 0.526 bits per heavy atom. The third kappa shape index (κ3) is 60.2. The van der Waals surface area contributed by atoms with E-state index in [9.17, 15) is 14.4 Å². The van der Waals surface area contributed by atoms with Crippen molar-refractivity contribution < 1.29 is 28.6 Å². The van der Waals surface area contributed by atoms with Gasteiger partial charge in [0.25, 0.3) is 0 Å². The molecule has 0 radical (unpaired) electrons. The minimum absolute atomic E-state index is 0.110. The van der Waals surface area contributed by atoms with Gasteiger partial charge in [-0.3, -0.25) is 14.4 Å². The Kier molecular flexibility index (Phi) is 58.9. The molecule has 0 saturated heterocycles. The number of carbonyl (C=O) groups is 3. The lowest BCUT2D eigenvalue weighted by Gasteiger charge is -2.18. The third-order valence-corrected chi connectivity index (χ3v) is 12.6. The van der Waals surface area contributed by atoms with Crippen LogP contribution in [0.25, 0.3) is 0 Å². The van der Waals surface area contributed by atoms with Crippen molar-refractivity contribution in [2.45, 2.75) is 264 Å². The van der Waals surface area contributed by atoms with Gasteiger partial charge >= 0.3 is 17.9 Å². The quantitative estimate of drug-likeness (QED) is 0.0261. The summed E-state index contributed by atoms with van der Waals surface area (Å²) in [6.45, 7) is 6.32. The number of ether oxygens (including phenoxy) is 3. The second-order valence-electron chi connectivity index (χ2n) is 19.8. The summed E-state index contributed by atoms with van der Waals surface area (Å²) >= 11 is 0. The first-order valence-electron chi connectivity index (χ1n) is 30.8. The summed E-state index contributed by atoms with van der Waals surface area (Å²) in [6, 6.07) is 0. The topological polar surface area (TPSA) is 78.9 Å². The van der Waals surface area contributed by atoms with Crippen molar-refractivity contribution in [3.63, 3.8) is 0 Å². The molecule has 1 atom stereocenters. The van der Waals surface area contributed by atoms with Crippen LogP contribution in [0.5, 0.6) is 0 Å². The van der Waals surface area contributed by atoms with Crippen LogP contribution in [0.4, 0.5) is 0 Å². The Hall–Kier alpha value is -4.71. The maximum atomic E-state index is 12.8. The van der Waals surface area contributed by atoms with Gasteiger partial charge in [-0.2, -0.15) is 0 Å². The molecule has 0 spiro atoms. The van der Waals surface area contributed by atoms with Crippen LogP contribution in [0.2, 0.25) is 0 Å². The molecule has 0 aliphatic heterocycles. The zero-order valence-electron chi connectivity index (χ0n) is 49.0. The van der Waals surface area contributed by atoms with Gasteiger partial charge in [-0.1, -0.05) is 250 Å². The normalized spacial score (nSPS) is 13.1. The zero-order valence-corrected chi connectivity index (χ0v) is 49.0. The Bertz CT molecular complexity index is 1680. The highest BCUT2D eigenvalue weighted by Gasteiger charge is 2.19. The maximum absolute atomic E-state index is 12.8. The van der Waals surface area contributed by atoms with E-state index in [4.69, 9.17) is 14.2 Å². The van der Waals surface area contributed by atoms with E-state index in [0.29, 0.717) is 19.3 Å². The number of rotatable bonds is 54. The molecule has 0 fully saturated rings. The van der Waals surface area contributed by atoms with Gasteiger partial charge in [-0.05, 0) is 135 Å². The van der Waals surface area contributed by atoms with E-state index in [2.05, 4.69) is 167 Å². The van der Waals surface area contributed by atoms with Gasteiger partial charge in [-0.15, -0.1) is 0 Å². The summed E-state index contributed by atoms with van der Waals surface area (Å²) in [6.07, 6.45) is 90.0. The summed E-state index contributed by atoms with van der Waals surface area (Å²) in [5.41, 5.74) is 0. The van der Waals surface area contributed by atoms with Crippen LogP contribution in [0.15, 0.2) is 146 Å². The molecular formula is C70H112O6. The Morgan fingerprint density at radius 1 is 0.276 bits per heavy atom. The van der Waals surface area contributed by atoms with Crippen LogP contribution >= 0.6 is 0 Å². The fourth-order valence-corrected chi connectivity index (χ4v) is 8.01. The van der Waals surface area contributed by atoms with E-state index >= 15 is 0 Å². The van der Waals surface area contributed by atoms with Crippen molar-refractivity contribution in [2.75, 3.05) is 13.2 Å². The fraction of sp³-hybridized carbons (Fsp3) is 0.614. The predicted molar refractivity (Wildman–Crippen MR) is 329 cm³/mol. The molecule has 0 aliphatic carbocycles. The number of unbranched alkanes of at least 4 members (excludes halogenated alkanes) is 19. The molecule has 1 unspecified atom stereocenters. The van der Waals surface area contributed by atoms with Gasteiger partial charge in [0.05, 0.1) is 0 Å². The molecule has 0 N–H and O–H groups in total. The monoisotopic (exact) mass is 1050 g/mol. The Balaban J connectivity index is 4.36. The molecule has 0 aromatic heterocycles. The highest BCUT2D eigenvalue weighted by Crippen LogP contribution is 2.14. The molecule has 0 saturated carbocycles. The van der Waals surface area contributed by atoms with Gasteiger partial charge in [0.2, 0.25) is 0 Å². The van der Waals surface area contributed by atoms with Crippen molar-refractivity contribution in [3.05, 3.63) is 146 Å². The number of esters is 3. The lowest BCUT2D eigenvalue weighted by atomic mass is 10.1. The zero-order chi connectivity index (χ0) is 55.0. The summed E-state index contributed by atoms with van der Waals surface area (Å²) < 4.78 is 16.8. The van der Waals surface area contributed by atoms with Gasteiger partial charge in [-0.25, -0.2) is 0 Å². The summed E-state index contributed by atoms with van der Waals surface area (Å²) in [5.74, 6) is -0.986. The van der Waals surface area contributed by atoms with Crippen molar-refractivity contribution in [3.8, 4) is 0 Å². The van der Waals surface area contributed by atoms with Crippen LogP contribution < -0.4 is 0 Å². The predicted octanol–water partition coefficient (Wildman–Crippen LogP) is 21.2. The average Bonchev–Trinajstić information content (AvgIpc) is 3.42. The molecule has 0 bridgehead atoms. The van der Waals surface area contributed by atoms with Crippen LogP contribution in [-0.4, -0.2) is 37.2 Å². The first kappa shape index (κ1) is 71.3. The SMILES string of the molecule is CC/C=C\C/C=C\C/C=C\C/C=C\C/C=C\C/C=C\CCCCCCCCCCCCC(=O)OCC(COC(=O)CCCCCCC/C=C\CCCCC)OC(=O)CCC/C=C\C/C=C\C/C=C\C/C=C\C/C=C\CC. The van der Waals surface area contributed by atoms with E-state index in [1.54, 1.807) is 0 Å². The molecule has 0 heterocycles. The van der Waals surface area contributed by atoms with Crippen LogP contribution in [0, 0.1) is 0 Å². The third-order valence-electron chi connectivity index (χ3n) is 12.6. The molecule has 0 aromatic rings. The lowest BCUT2D eigenvalue weighted by molar-refractivity contribution is -0.167. The van der Waals surface area contributed by atoms with E-state index in [-0.39, 0.29) is 37.5 Å². The van der Waals surface area contributed by atoms with E-state index < -0.39 is 6.10 Å². The highest BCUT2D eigenvalue weighted by atomic mass is 16.6. The standard InChI is InChI=1S/C70H112O6/c1-4-7-10-13-16-19-22-25-27-29-30-31-32-33-34-35-36-37-38-39-40-42-43-45-48-51-54-57-60-63-69(72)75-66-67(65-74-68(71)62-59-56-53-50-47-24-21-18-15-12-9-6-3)76-70(73)64-61-58-55-52-49-46-44-41-28-26-23-20-17-14-11-8-5-2/h7-8,10-11,16-21,25-28,30-31,33-34,36-37,44,46,52,55,67H,4-6,9,12-15,22-24,29,32,35,38-43,45,47-51,53-54,56-66H2,1-3H3/b10-7-,11-8-,19-16-,20-17-,21-18-,27-25-,28-26-,31-30-,34-33-,37-36-,46-44-,55-52-. The largest absolute Gasteiger partial charge is 0.462 e. The number of hydrogen-bond acceptors (Lipinski definition) is 6. The molecule has 428 valence electrons. The van der Waals surface area contributed by atoms with Crippen molar-refractivity contribution in [1.29, 1.82) is 0 Å². The Morgan fingerprint density at radius 3 is 0.855 bits per heavy atom. The smallest absolute Gasteiger partial charge is 0.306 e. The van der Waals surface area contributed by atoms with Crippen LogP contribution in [0.3, 0.4) is 0 Å². The van der Waals surface area contributed by atoms with Gasteiger partial charge < -0.3 is 14.2 Å². The number of allylic oxidation sites excluding steroid dienone is 24. The van der Waals surface area contributed by atoms with E-state index in [1.807, 2.05) is 0 Å². The van der Waals surface area contributed by atoms with E-state index in [1.165, 1.54) is 77.0 Å². The minimum Gasteiger partial charge on any atom is -0.462 e. The highest BCUT2D eigenvalue weighted by molar-refractivity contribution is 5.71. The number of carbonyl (C=O) groups excluding carboxylic acids is 3. The van der Waals surface area contributed by atoms with Crippen molar-refractivity contribution in [1.82, 2.24) is 0 Å².